The first-order valence-electron chi connectivity index (χ1n) is 6.06. The van der Waals surface area contributed by atoms with E-state index in [1.165, 1.54) is 0 Å². The minimum absolute atomic E-state index is 0.0621. The van der Waals surface area contributed by atoms with Crippen molar-refractivity contribution in [1.29, 1.82) is 5.26 Å². The molecule has 0 atom stereocenters. The van der Waals surface area contributed by atoms with Crippen LogP contribution in [-0.4, -0.2) is 15.7 Å². The van der Waals surface area contributed by atoms with Gasteiger partial charge in [0.2, 0.25) is 0 Å². The lowest BCUT2D eigenvalue weighted by atomic mass is 10.1. The predicted octanol–water partition coefficient (Wildman–Crippen LogP) is 2.96. The molecule has 1 aromatic carbocycles. The van der Waals surface area contributed by atoms with Gasteiger partial charge in [0.05, 0.1) is 18.2 Å². The summed E-state index contributed by atoms with van der Waals surface area (Å²) in [5.74, 6) is 0. The molecule has 0 aliphatic carbocycles. The van der Waals surface area contributed by atoms with Gasteiger partial charge in [0.25, 0.3) is 0 Å². The fourth-order valence-electron chi connectivity index (χ4n) is 1.50. The third-order valence-electron chi connectivity index (χ3n) is 2.48. The van der Waals surface area contributed by atoms with Gasteiger partial charge >= 0.3 is 0 Å². The summed E-state index contributed by atoms with van der Waals surface area (Å²) in [5, 5.41) is 22.4. The summed E-state index contributed by atoms with van der Waals surface area (Å²) < 4.78 is 0. The van der Waals surface area contributed by atoms with Gasteiger partial charge in [-0.3, -0.25) is 0 Å². The van der Waals surface area contributed by atoms with Crippen molar-refractivity contribution in [3.8, 4) is 16.6 Å². The molecule has 0 aliphatic heterocycles. The first-order chi connectivity index (χ1) is 8.98. The van der Waals surface area contributed by atoms with Gasteiger partial charge in [0.15, 0.2) is 0 Å². The Balaban J connectivity index is 2.14. The molecule has 1 N–H and O–H groups in total. The van der Waals surface area contributed by atoms with E-state index in [4.69, 9.17) is 5.26 Å². The minimum Gasteiger partial charge on any atom is -0.306 e. The number of benzene rings is 1. The van der Waals surface area contributed by atoms with E-state index in [0.717, 1.165) is 15.6 Å². The topological polar surface area (TPSA) is 61.6 Å². The molecule has 0 saturated heterocycles. The molecule has 1 aromatic heterocycles. The van der Waals surface area contributed by atoms with Crippen LogP contribution in [0.1, 0.15) is 31.3 Å². The minimum atomic E-state index is 0.0621. The van der Waals surface area contributed by atoms with Crippen molar-refractivity contribution in [3.63, 3.8) is 0 Å². The molecule has 4 nitrogen and oxygen atoms in total. The number of nitrogens with zero attached hydrogens (tertiary/aromatic N) is 3. The number of nitriles is 1. The molecule has 5 heteroatoms. The molecule has 0 bridgehead atoms. The zero-order chi connectivity index (χ0) is 13.9. The zero-order valence-electron chi connectivity index (χ0n) is 11.3. The molecule has 0 unspecified atom stereocenters. The predicted molar refractivity (Wildman–Crippen MR) is 76.7 cm³/mol. The fourth-order valence-corrected chi connectivity index (χ4v) is 2.28. The lowest BCUT2D eigenvalue weighted by Gasteiger charge is -2.19. The molecule has 0 aliphatic rings. The summed E-state index contributed by atoms with van der Waals surface area (Å²) in [7, 11) is 0. The molecule has 98 valence electrons. The molecule has 0 amide bonds. The lowest BCUT2D eigenvalue weighted by molar-refractivity contribution is 0.423. The molecule has 0 radical (unpaired) electrons. The summed E-state index contributed by atoms with van der Waals surface area (Å²) in [6.07, 6.45) is 0. The summed E-state index contributed by atoms with van der Waals surface area (Å²) in [6.45, 7) is 7.06. The van der Waals surface area contributed by atoms with Gasteiger partial charge in [-0.05, 0) is 32.9 Å². The largest absolute Gasteiger partial charge is 0.306 e. The second-order valence-electron chi connectivity index (χ2n) is 5.30. The molecule has 0 fully saturated rings. The normalized spacial score (nSPS) is 11.3. The number of hydrogen-bond donors (Lipinski definition) is 1. The van der Waals surface area contributed by atoms with Crippen molar-refractivity contribution in [1.82, 2.24) is 15.5 Å². The average molecular weight is 272 g/mol. The van der Waals surface area contributed by atoms with Crippen LogP contribution < -0.4 is 5.32 Å². The fraction of sp³-hybridized carbons (Fsp3) is 0.357. The van der Waals surface area contributed by atoms with E-state index in [1.807, 2.05) is 18.2 Å². The van der Waals surface area contributed by atoms with Crippen LogP contribution in [0.15, 0.2) is 24.3 Å². The molecular formula is C14H16N4S. The van der Waals surface area contributed by atoms with Crippen LogP contribution in [0.3, 0.4) is 0 Å². The standard InChI is InChI=1S/C14H16N4S/c1-14(2,3)16-9-12-17-18-13(19-12)11-6-4-5-10(7-11)8-15/h4-7,16H,9H2,1-3H3. The van der Waals surface area contributed by atoms with E-state index in [1.54, 1.807) is 17.4 Å². The number of nitrogens with one attached hydrogen (secondary N) is 1. The Morgan fingerprint density at radius 3 is 2.79 bits per heavy atom. The zero-order valence-corrected chi connectivity index (χ0v) is 12.1. The highest BCUT2D eigenvalue weighted by Gasteiger charge is 2.12. The monoisotopic (exact) mass is 272 g/mol. The second kappa shape index (κ2) is 5.47. The van der Waals surface area contributed by atoms with Crippen molar-refractivity contribution >= 4 is 11.3 Å². The Labute approximate surface area is 117 Å². The molecule has 2 aromatic rings. The first-order valence-corrected chi connectivity index (χ1v) is 6.87. The van der Waals surface area contributed by atoms with Gasteiger partial charge in [-0.25, -0.2) is 0 Å². The molecule has 0 spiro atoms. The maximum Gasteiger partial charge on any atom is 0.147 e. The second-order valence-corrected chi connectivity index (χ2v) is 6.36. The van der Waals surface area contributed by atoms with Gasteiger partial charge < -0.3 is 5.32 Å². The van der Waals surface area contributed by atoms with E-state index >= 15 is 0 Å². The highest BCUT2D eigenvalue weighted by atomic mass is 32.1. The smallest absolute Gasteiger partial charge is 0.147 e. The SMILES string of the molecule is CC(C)(C)NCc1nnc(-c2cccc(C#N)c2)s1. The van der Waals surface area contributed by atoms with Gasteiger partial charge in [0.1, 0.15) is 10.0 Å². The molecule has 1 heterocycles. The third-order valence-corrected chi connectivity index (χ3v) is 3.45. The van der Waals surface area contributed by atoms with Crippen LogP contribution in [0.4, 0.5) is 0 Å². The van der Waals surface area contributed by atoms with Crippen molar-refractivity contribution in [3.05, 3.63) is 34.8 Å². The Morgan fingerprint density at radius 1 is 1.32 bits per heavy atom. The highest BCUT2D eigenvalue weighted by Crippen LogP contribution is 2.24. The number of aromatic nitrogens is 2. The van der Waals surface area contributed by atoms with E-state index in [2.05, 4.69) is 42.4 Å². The van der Waals surface area contributed by atoms with Gasteiger partial charge in [-0.15, -0.1) is 10.2 Å². The Hall–Kier alpha value is -1.77. The van der Waals surface area contributed by atoms with Crippen molar-refractivity contribution < 1.29 is 0 Å². The van der Waals surface area contributed by atoms with E-state index in [-0.39, 0.29) is 5.54 Å². The van der Waals surface area contributed by atoms with Crippen LogP contribution >= 0.6 is 11.3 Å². The third kappa shape index (κ3) is 3.85. The maximum atomic E-state index is 8.90. The number of hydrogen-bond acceptors (Lipinski definition) is 5. The van der Waals surface area contributed by atoms with Crippen LogP contribution in [-0.2, 0) is 6.54 Å². The summed E-state index contributed by atoms with van der Waals surface area (Å²) >= 11 is 1.55. The van der Waals surface area contributed by atoms with E-state index in [0.29, 0.717) is 12.1 Å². The molecule has 0 saturated carbocycles. The quantitative estimate of drug-likeness (QED) is 0.933. The molecule has 19 heavy (non-hydrogen) atoms. The van der Waals surface area contributed by atoms with Crippen LogP contribution in [0.5, 0.6) is 0 Å². The van der Waals surface area contributed by atoms with Crippen molar-refractivity contribution in [2.75, 3.05) is 0 Å². The van der Waals surface area contributed by atoms with Gasteiger partial charge in [-0.2, -0.15) is 5.26 Å². The van der Waals surface area contributed by atoms with Crippen molar-refractivity contribution in [2.45, 2.75) is 32.9 Å². The lowest BCUT2D eigenvalue weighted by Crippen LogP contribution is -2.35. The molecule has 2 rings (SSSR count). The first kappa shape index (κ1) is 13.7. The molecular weight excluding hydrogens is 256 g/mol. The van der Waals surface area contributed by atoms with Crippen molar-refractivity contribution in [2.24, 2.45) is 0 Å². The maximum absolute atomic E-state index is 8.90. The summed E-state index contributed by atoms with van der Waals surface area (Å²) in [5.41, 5.74) is 1.65. The van der Waals surface area contributed by atoms with Crippen LogP contribution in [0, 0.1) is 11.3 Å². The Bertz CT molecular complexity index is 604. The van der Waals surface area contributed by atoms with Gasteiger partial charge in [0, 0.05) is 11.1 Å². The number of rotatable bonds is 3. The van der Waals surface area contributed by atoms with Crippen LogP contribution in [0.2, 0.25) is 0 Å². The van der Waals surface area contributed by atoms with E-state index in [9.17, 15) is 0 Å². The highest BCUT2D eigenvalue weighted by molar-refractivity contribution is 7.14. The van der Waals surface area contributed by atoms with E-state index < -0.39 is 0 Å². The summed E-state index contributed by atoms with van der Waals surface area (Å²) in [6, 6.07) is 9.56. The van der Waals surface area contributed by atoms with Crippen LogP contribution in [0.25, 0.3) is 10.6 Å². The van der Waals surface area contributed by atoms with Gasteiger partial charge in [-0.1, -0.05) is 23.5 Å². The Kier molecular flexibility index (Phi) is 3.93. The Morgan fingerprint density at radius 2 is 2.11 bits per heavy atom. The summed E-state index contributed by atoms with van der Waals surface area (Å²) in [4.78, 5) is 0. The average Bonchev–Trinajstić information content (AvgIpc) is 2.84.